The van der Waals surface area contributed by atoms with Crippen LogP contribution in [-0.4, -0.2) is 13.7 Å². The zero-order chi connectivity index (χ0) is 15.2. The topological polar surface area (TPSA) is 30.5 Å². The van der Waals surface area contributed by atoms with Gasteiger partial charge in [-0.05, 0) is 58.7 Å². The van der Waals surface area contributed by atoms with E-state index in [1.54, 1.807) is 7.11 Å². The van der Waals surface area contributed by atoms with Gasteiger partial charge < -0.3 is 14.8 Å². The van der Waals surface area contributed by atoms with E-state index in [2.05, 4.69) is 21.2 Å². The minimum Gasteiger partial charge on any atom is -0.496 e. The molecule has 0 bridgehead atoms. The molecule has 0 aromatic heterocycles. The number of rotatable bonds is 6. The Morgan fingerprint density at radius 2 is 1.90 bits per heavy atom. The third-order valence-corrected chi connectivity index (χ3v) is 3.86. The van der Waals surface area contributed by atoms with Gasteiger partial charge in [0.05, 0.1) is 23.2 Å². The van der Waals surface area contributed by atoms with E-state index in [9.17, 15) is 0 Å². The summed E-state index contributed by atoms with van der Waals surface area (Å²) in [5.74, 6) is 1.53. The zero-order valence-electron chi connectivity index (χ0n) is 12.0. The monoisotopic (exact) mass is 369 g/mol. The molecular formula is C16H17BrClNO2. The van der Waals surface area contributed by atoms with E-state index in [4.69, 9.17) is 21.1 Å². The molecule has 21 heavy (non-hydrogen) atoms. The molecule has 0 amide bonds. The van der Waals surface area contributed by atoms with E-state index in [0.29, 0.717) is 23.9 Å². The average molecular weight is 371 g/mol. The van der Waals surface area contributed by atoms with Crippen LogP contribution in [0, 0.1) is 0 Å². The predicted octanol–water partition coefficient (Wildman–Crippen LogP) is 5.12. The van der Waals surface area contributed by atoms with Crippen molar-refractivity contribution in [2.24, 2.45) is 0 Å². The summed E-state index contributed by atoms with van der Waals surface area (Å²) in [5, 5.41) is 3.94. The van der Waals surface area contributed by atoms with Gasteiger partial charge in [0.15, 0.2) is 0 Å². The van der Waals surface area contributed by atoms with Gasteiger partial charge in [0.2, 0.25) is 0 Å². The van der Waals surface area contributed by atoms with E-state index in [1.807, 2.05) is 43.3 Å². The number of anilines is 1. The first kappa shape index (κ1) is 16.0. The number of ether oxygens (including phenoxy) is 2. The number of nitrogens with one attached hydrogen (secondary N) is 1. The van der Waals surface area contributed by atoms with Gasteiger partial charge in [-0.15, -0.1) is 0 Å². The molecule has 3 nitrogen and oxygen atoms in total. The molecule has 0 atom stereocenters. The largest absolute Gasteiger partial charge is 0.496 e. The third-order valence-electron chi connectivity index (χ3n) is 2.94. The molecule has 2 rings (SSSR count). The highest BCUT2D eigenvalue weighted by Gasteiger charge is 2.04. The lowest BCUT2D eigenvalue weighted by molar-refractivity contribution is 0.340. The summed E-state index contributed by atoms with van der Waals surface area (Å²) < 4.78 is 11.6. The van der Waals surface area contributed by atoms with Gasteiger partial charge in [-0.25, -0.2) is 0 Å². The molecule has 5 heteroatoms. The van der Waals surface area contributed by atoms with Crippen molar-refractivity contribution in [3.63, 3.8) is 0 Å². The van der Waals surface area contributed by atoms with Crippen molar-refractivity contribution < 1.29 is 9.47 Å². The number of benzene rings is 2. The Balaban J connectivity index is 2.02. The molecule has 0 radical (unpaired) electrons. The Kier molecular flexibility index (Phi) is 5.76. The fourth-order valence-corrected chi connectivity index (χ4v) is 2.73. The fraction of sp³-hybridized carbons (Fsp3) is 0.250. The number of hydrogen-bond donors (Lipinski definition) is 1. The minimum atomic E-state index is 0.604. The van der Waals surface area contributed by atoms with E-state index in [0.717, 1.165) is 21.5 Å². The van der Waals surface area contributed by atoms with Crippen LogP contribution >= 0.6 is 27.5 Å². The Hall–Kier alpha value is -1.39. The maximum Gasteiger partial charge on any atom is 0.138 e. The summed E-state index contributed by atoms with van der Waals surface area (Å²) in [6.07, 6.45) is 0. The van der Waals surface area contributed by atoms with Crippen molar-refractivity contribution >= 4 is 33.2 Å². The molecule has 2 aromatic rings. The van der Waals surface area contributed by atoms with Crippen molar-refractivity contribution in [2.75, 3.05) is 19.0 Å². The Labute approximate surface area is 138 Å². The van der Waals surface area contributed by atoms with Crippen LogP contribution in [0.1, 0.15) is 12.5 Å². The van der Waals surface area contributed by atoms with Crippen molar-refractivity contribution in [2.45, 2.75) is 13.5 Å². The van der Waals surface area contributed by atoms with Gasteiger partial charge in [-0.2, -0.15) is 0 Å². The van der Waals surface area contributed by atoms with E-state index >= 15 is 0 Å². The summed E-state index contributed by atoms with van der Waals surface area (Å²) in [6.45, 7) is 3.24. The van der Waals surface area contributed by atoms with Gasteiger partial charge in [-0.1, -0.05) is 17.7 Å². The van der Waals surface area contributed by atoms with E-state index in [1.165, 1.54) is 0 Å². The second-order valence-corrected chi connectivity index (χ2v) is 5.66. The first-order valence-electron chi connectivity index (χ1n) is 6.62. The molecule has 0 spiro atoms. The zero-order valence-corrected chi connectivity index (χ0v) is 14.3. The molecule has 0 fully saturated rings. The summed E-state index contributed by atoms with van der Waals surface area (Å²) in [5.41, 5.74) is 2.10. The second-order valence-electron chi connectivity index (χ2n) is 4.40. The molecular weight excluding hydrogens is 354 g/mol. The lowest BCUT2D eigenvalue weighted by atomic mass is 10.2. The Morgan fingerprint density at radius 1 is 1.14 bits per heavy atom. The SMILES string of the molecule is CCOc1ccc(NCc2ccc(OC)c(Br)c2)cc1Cl. The highest BCUT2D eigenvalue weighted by atomic mass is 79.9. The molecule has 0 aliphatic heterocycles. The maximum atomic E-state index is 6.17. The maximum absolute atomic E-state index is 6.17. The van der Waals surface area contributed by atoms with Crippen LogP contribution < -0.4 is 14.8 Å². The number of hydrogen-bond acceptors (Lipinski definition) is 3. The molecule has 0 unspecified atom stereocenters. The van der Waals surface area contributed by atoms with Crippen LogP contribution in [0.25, 0.3) is 0 Å². The van der Waals surface area contributed by atoms with Crippen LogP contribution in [-0.2, 0) is 6.54 Å². The Morgan fingerprint density at radius 3 is 2.52 bits per heavy atom. The van der Waals surface area contributed by atoms with Gasteiger partial charge in [-0.3, -0.25) is 0 Å². The van der Waals surface area contributed by atoms with Crippen LogP contribution in [0.2, 0.25) is 5.02 Å². The molecule has 0 aliphatic carbocycles. The van der Waals surface area contributed by atoms with Crippen LogP contribution in [0.15, 0.2) is 40.9 Å². The molecule has 2 aromatic carbocycles. The lowest BCUT2D eigenvalue weighted by Gasteiger charge is -2.11. The summed E-state index contributed by atoms with van der Waals surface area (Å²) >= 11 is 9.65. The third kappa shape index (κ3) is 4.29. The smallest absolute Gasteiger partial charge is 0.138 e. The van der Waals surface area contributed by atoms with Crippen LogP contribution in [0.3, 0.4) is 0 Å². The van der Waals surface area contributed by atoms with E-state index in [-0.39, 0.29) is 0 Å². The van der Waals surface area contributed by atoms with E-state index < -0.39 is 0 Å². The van der Waals surface area contributed by atoms with Crippen LogP contribution in [0.5, 0.6) is 11.5 Å². The molecule has 1 N–H and O–H groups in total. The number of methoxy groups -OCH3 is 1. The highest BCUT2D eigenvalue weighted by Crippen LogP contribution is 2.29. The molecule has 0 saturated heterocycles. The predicted molar refractivity (Wildman–Crippen MR) is 90.6 cm³/mol. The normalized spacial score (nSPS) is 10.3. The first-order chi connectivity index (χ1) is 10.1. The average Bonchev–Trinajstić information content (AvgIpc) is 2.48. The molecule has 0 saturated carbocycles. The summed E-state index contributed by atoms with van der Waals surface area (Å²) in [6, 6.07) is 11.7. The Bertz CT molecular complexity index is 619. The number of halogens is 2. The van der Waals surface area contributed by atoms with Gasteiger partial charge in [0.1, 0.15) is 11.5 Å². The minimum absolute atomic E-state index is 0.604. The van der Waals surface area contributed by atoms with Crippen LogP contribution in [0.4, 0.5) is 5.69 Å². The van der Waals surface area contributed by atoms with Crippen molar-refractivity contribution in [3.05, 3.63) is 51.5 Å². The molecule has 0 heterocycles. The highest BCUT2D eigenvalue weighted by molar-refractivity contribution is 9.10. The van der Waals surface area contributed by atoms with Crippen molar-refractivity contribution in [3.8, 4) is 11.5 Å². The van der Waals surface area contributed by atoms with Crippen molar-refractivity contribution in [1.29, 1.82) is 0 Å². The standard InChI is InChI=1S/C16H17BrClNO2/c1-3-21-16-7-5-12(9-14(16)18)19-10-11-4-6-15(20-2)13(17)8-11/h4-9,19H,3,10H2,1-2H3. The summed E-state index contributed by atoms with van der Waals surface area (Å²) in [7, 11) is 1.65. The van der Waals surface area contributed by atoms with Gasteiger partial charge in [0, 0.05) is 12.2 Å². The summed E-state index contributed by atoms with van der Waals surface area (Å²) in [4.78, 5) is 0. The second kappa shape index (κ2) is 7.57. The lowest BCUT2D eigenvalue weighted by Crippen LogP contribution is -2.00. The van der Waals surface area contributed by atoms with Crippen molar-refractivity contribution in [1.82, 2.24) is 0 Å². The van der Waals surface area contributed by atoms with Gasteiger partial charge >= 0.3 is 0 Å². The molecule has 112 valence electrons. The molecule has 0 aliphatic rings. The first-order valence-corrected chi connectivity index (χ1v) is 7.79. The van der Waals surface area contributed by atoms with Gasteiger partial charge in [0.25, 0.3) is 0 Å². The quantitative estimate of drug-likeness (QED) is 0.765. The fourth-order valence-electron chi connectivity index (χ4n) is 1.91.